The van der Waals surface area contributed by atoms with Crippen LogP contribution in [0.15, 0.2) is 152 Å². The van der Waals surface area contributed by atoms with E-state index in [-0.39, 0.29) is 0 Å². The molecule has 2 heterocycles. The molecule has 9 aromatic rings. The fraction of sp³-hybridized carbons (Fsp3) is 0. The van der Waals surface area contributed by atoms with Crippen LogP contribution in [0.3, 0.4) is 0 Å². The third-order valence-electron chi connectivity index (χ3n) is 8.68. The van der Waals surface area contributed by atoms with Crippen LogP contribution in [0.25, 0.3) is 82.3 Å². The van der Waals surface area contributed by atoms with E-state index in [0.717, 1.165) is 27.5 Å². The number of benzene rings is 7. The first-order valence-electron chi connectivity index (χ1n) is 14.6. The highest BCUT2D eigenvalue weighted by Gasteiger charge is 2.17. The number of aromatic nitrogens is 3. The number of hydrogen-bond donors (Lipinski definition) is 0. The van der Waals surface area contributed by atoms with Crippen molar-refractivity contribution in [2.75, 3.05) is 0 Å². The SMILES string of the molecule is c1ccc(-c2ccc3c(c2)c2ccccc2n3-c2ccccc2-c2ccc3c(c2)c2ccccc2c2nccnc32)cc1. The molecule has 9 rings (SSSR count). The van der Waals surface area contributed by atoms with Gasteiger partial charge in [0.1, 0.15) is 0 Å². The Morgan fingerprint density at radius 1 is 0.372 bits per heavy atom. The predicted octanol–water partition coefficient (Wildman–Crippen LogP) is 10.4. The van der Waals surface area contributed by atoms with Gasteiger partial charge in [-0.3, -0.25) is 9.97 Å². The van der Waals surface area contributed by atoms with Crippen molar-refractivity contribution in [2.24, 2.45) is 0 Å². The third-order valence-corrected chi connectivity index (χ3v) is 8.68. The first kappa shape index (κ1) is 23.9. The molecule has 2 aromatic heterocycles. The topological polar surface area (TPSA) is 30.7 Å². The standard InChI is InChI=1S/C40H25N3/c1-2-10-26(11-3-1)27-19-21-38-35(24-27)31-14-7-9-17-37(31)43(38)36-16-8-6-12-29(36)28-18-20-33-34(25-28)30-13-4-5-15-32(30)39-40(33)42-23-22-41-39/h1-25H. The van der Waals surface area contributed by atoms with E-state index >= 15 is 0 Å². The molecular formula is C40H25N3. The maximum absolute atomic E-state index is 4.75. The molecule has 0 fully saturated rings. The van der Waals surface area contributed by atoms with E-state index in [1.54, 1.807) is 12.4 Å². The molecule has 0 unspecified atom stereocenters. The van der Waals surface area contributed by atoms with Crippen molar-refractivity contribution < 1.29 is 0 Å². The van der Waals surface area contributed by atoms with Crippen LogP contribution in [0.5, 0.6) is 0 Å². The fourth-order valence-corrected chi connectivity index (χ4v) is 6.75. The largest absolute Gasteiger partial charge is 0.309 e. The van der Waals surface area contributed by atoms with Gasteiger partial charge in [0, 0.05) is 39.5 Å². The molecule has 0 spiro atoms. The first-order valence-corrected chi connectivity index (χ1v) is 14.6. The lowest BCUT2D eigenvalue weighted by Gasteiger charge is -2.15. The third kappa shape index (κ3) is 3.62. The van der Waals surface area contributed by atoms with Crippen LogP contribution in [0.4, 0.5) is 0 Å². The molecule has 0 radical (unpaired) electrons. The van der Waals surface area contributed by atoms with E-state index < -0.39 is 0 Å². The van der Waals surface area contributed by atoms with E-state index in [9.17, 15) is 0 Å². The van der Waals surface area contributed by atoms with Crippen LogP contribution in [-0.2, 0) is 0 Å². The van der Waals surface area contributed by atoms with Gasteiger partial charge in [0.15, 0.2) is 0 Å². The molecule has 0 atom stereocenters. The smallest absolute Gasteiger partial charge is 0.0971 e. The second kappa shape index (κ2) is 9.37. The van der Waals surface area contributed by atoms with E-state index in [4.69, 9.17) is 9.97 Å². The van der Waals surface area contributed by atoms with Crippen LogP contribution in [0.1, 0.15) is 0 Å². The van der Waals surface area contributed by atoms with Gasteiger partial charge in [-0.1, -0.05) is 109 Å². The van der Waals surface area contributed by atoms with Crippen LogP contribution < -0.4 is 0 Å². The van der Waals surface area contributed by atoms with Gasteiger partial charge >= 0.3 is 0 Å². The van der Waals surface area contributed by atoms with Crippen LogP contribution in [0.2, 0.25) is 0 Å². The van der Waals surface area contributed by atoms with Crippen molar-refractivity contribution in [1.29, 1.82) is 0 Å². The lowest BCUT2D eigenvalue weighted by Crippen LogP contribution is -1.97. The molecule has 0 saturated carbocycles. The molecule has 0 saturated heterocycles. The summed E-state index contributed by atoms with van der Waals surface area (Å²) in [6, 6.07) is 50.2. The highest BCUT2D eigenvalue weighted by Crippen LogP contribution is 2.40. The Kier molecular flexibility index (Phi) is 5.20. The zero-order chi connectivity index (χ0) is 28.3. The van der Waals surface area contributed by atoms with Crippen LogP contribution >= 0.6 is 0 Å². The highest BCUT2D eigenvalue weighted by molar-refractivity contribution is 6.23. The van der Waals surface area contributed by atoms with Gasteiger partial charge < -0.3 is 4.57 Å². The summed E-state index contributed by atoms with van der Waals surface area (Å²) < 4.78 is 2.42. The number of hydrogen-bond acceptors (Lipinski definition) is 2. The van der Waals surface area contributed by atoms with E-state index in [0.29, 0.717) is 0 Å². The van der Waals surface area contributed by atoms with Crippen molar-refractivity contribution in [1.82, 2.24) is 14.5 Å². The van der Waals surface area contributed by atoms with E-state index in [1.807, 2.05) is 0 Å². The molecule has 3 nitrogen and oxygen atoms in total. The van der Waals surface area contributed by atoms with E-state index in [2.05, 4.69) is 144 Å². The Morgan fingerprint density at radius 3 is 1.81 bits per heavy atom. The minimum absolute atomic E-state index is 0.938. The first-order chi connectivity index (χ1) is 21.3. The van der Waals surface area contributed by atoms with Gasteiger partial charge in [0.2, 0.25) is 0 Å². The number of nitrogens with zero attached hydrogens (tertiary/aromatic N) is 3. The summed E-state index contributed by atoms with van der Waals surface area (Å²) in [6.07, 6.45) is 3.56. The lowest BCUT2D eigenvalue weighted by atomic mass is 9.95. The molecular weight excluding hydrogens is 522 g/mol. The lowest BCUT2D eigenvalue weighted by molar-refractivity contribution is 1.18. The molecule has 0 bridgehead atoms. The highest BCUT2D eigenvalue weighted by atomic mass is 15.0. The Balaban J connectivity index is 1.31. The van der Waals surface area contributed by atoms with Gasteiger partial charge in [-0.25, -0.2) is 0 Å². The Bertz CT molecular complexity index is 2470. The van der Waals surface area contributed by atoms with Gasteiger partial charge in [-0.15, -0.1) is 0 Å². The molecule has 43 heavy (non-hydrogen) atoms. The summed E-state index contributed by atoms with van der Waals surface area (Å²) in [5, 5.41) is 7.12. The maximum atomic E-state index is 4.75. The Hall–Kier alpha value is -5.80. The molecule has 0 aliphatic heterocycles. The van der Waals surface area contributed by atoms with Gasteiger partial charge in [0.25, 0.3) is 0 Å². The van der Waals surface area contributed by atoms with Crippen molar-refractivity contribution in [3.63, 3.8) is 0 Å². The summed E-state index contributed by atoms with van der Waals surface area (Å²) in [7, 11) is 0. The normalized spacial score (nSPS) is 11.7. The quantitative estimate of drug-likeness (QED) is 0.206. The van der Waals surface area contributed by atoms with Gasteiger partial charge in [0.05, 0.1) is 27.8 Å². The van der Waals surface area contributed by atoms with E-state index in [1.165, 1.54) is 54.8 Å². The molecule has 0 aliphatic carbocycles. The minimum Gasteiger partial charge on any atom is -0.309 e. The zero-order valence-corrected chi connectivity index (χ0v) is 23.3. The Morgan fingerprint density at radius 2 is 0.977 bits per heavy atom. The summed E-state index contributed by atoms with van der Waals surface area (Å²) >= 11 is 0. The van der Waals surface area contributed by atoms with Crippen LogP contribution in [-0.4, -0.2) is 14.5 Å². The zero-order valence-electron chi connectivity index (χ0n) is 23.3. The second-order valence-corrected chi connectivity index (χ2v) is 11.0. The van der Waals surface area contributed by atoms with Gasteiger partial charge in [-0.2, -0.15) is 0 Å². The predicted molar refractivity (Wildman–Crippen MR) is 180 cm³/mol. The summed E-state index contributed by atoms with van der Waals surface area (Å²) in [4.78, 5) is 9.46. The molecule has 0 N–H and O–H groups in total. The summed E-state index contributed by atoms with van der Waals surface area (Å²) in [5.41, 5.74) is 10.2. The van der Waals surface area contributed by atoms with Gasteiger partial charge in [-0.05, 0) is 57.8 Å². The van der Waals surface area contributed by atoms with Crippen molar-refractivity contribution in [3.8, 4) is 27.9 Å². The second-order valence-electron chi connectivity index (χ2n) is 11.0. The molecule has 3 heteroatoms. The molecule has 200 valence electrons. The van der Waals surface area contributed by atoms with Crippen LogP contribution in [0, 0.1) is 0 Å². The Labute approximate surface area is 248 Å². The fourth-order valence-electron chi connectivity index (χ4n) is 6.75. The average Bonchev–Trinajstić information content (AvgIpc) is 3.42. The molecule has 0 amide bonds. The average molecular weight is 548 g/mol. The summed E-state index contributed by atoms with van der Waals surface area (Å²) in [5.74, 6) is 0. The van der Waals surface area contributed by atoms with Crippen molar-refractivity contribution in [2.45, 2.75) is 0 Å². The number of rotatable bonds is 3. The maximum Gasteiger partial charge on any atom is 0.0971 e. The van der Waals surface area contributed by atoms with Crippen molar-refractivity contribution >= 4 is 54.4 Å². The molecule has 7 aromatic carbocycles. The monoisotopic (exact) mass is 547 g/mol. The number of para-hydroxylation sites is 2. The summed E-state index contributed by atoms with van der Waals surface area (Å²) in [6.45, 7) is 0. The number of fused-ring (bicyclic) bond motifs is 9. The molecule has 0 aliphatic rings. The minimum atomic E-state index is 0.938. The van der Waals surface area contributed by atoms with Crippen molar-refractivity contribution in [3.05, 3.63) is 152 Å².